The van der Waals surface area contributed by atoms with Gasteiger partial charge in [0.25, 0.3) is 0 Å². The molecule has 0 atom stereocenters. The summed E-state index contributed by atoms with van der Waals surface area (Å²) >= 11 is 0. The van der Waals surface area contributed by atoms with Crippen molar-refractivity contribution < 1.29 is 4.74 Å². The van der Waals surface area contributed by atoms with E-state index in [1.54, 1.807) is 0 Å². The summed E-state index contributed by atoms with van der Waals surface area (Å²) in [5.41, 5.74) is 3.62. The Morgan fingerprint density at radius 2 is 1.18 bits per heavy atom. The fraction of sp³-hybridized carbons (Fsp3) is 0.100. The van der Waals surface area contributed by atoms with Crippen LogP contribution in [0.25, 0.3) is 0 Å². The highest BCUT2D eigenvalue weighted by Crippen LogP contribution is 2.46. The zero-order valence-corrected chi connectivity index (χ0v) is 12.3. The summed E-state index contributed by atoms with van der Waals surface area (Å²) in [5, 5.41) is 0. The van der Waals surface area contributed by atoms with Gasteiger partial charge in [-0.2, -0.15) is 0 Å². The maximum absolute atomic E-state index is 6.02. The third-order valence-corrected chi connectivity index (χ3v) is 4.00. The molecule has 3 aromatic carbocycles. The predicted molar refractivity (Wildman–Crippen MR) is 90.1 cm³/mol. The van der Waals surface area contributed by atoms with E-state index in [-0.39, 0.29) is 0 Å². The molecular formula is C20H17NO. The molecule has 0 N–H and O–H groups in total. The standard InChI is InChI=1S/C20H17NO/c1-2-8-16(9-3-1)14-15-21-17-10-4-6-12-19(17)22-20-13-7-5-11-18(20)21/h1-13H,14-15H2. The van der Waals surface area contributed by atoms with Crippen molar-refractivity contribution in [3.05, 3.63) is 84.4 Å². The van der Waals surface area contributed by atoms with E-state index >= 15 is 0 Å². The lowest BCUT2D eigenvalue weighted by atomic mass is 10.1. The topological polar surface area (TPSA) is 12.5 Å². The minimum Gasteiger partial charge on any atom is -0.453 e. The van der Waals surface area contributed by atoms with Crippen molar-refractivity contribution in [1.82, 2.24) is 0 Å². The zero-order chi connectivity index (χ0) is 14.8. The number of hydrogen-bond donors (Lipinski definition) is 0. The molecule has 22 heavy (non-hydrogen) atoms. The van der Waals surface area contributed by atoms with E-state index < -0.39 is 0 Å². The summed E-state index contributed by atoms with van der Waals surface area (Å²) in [6.45, 7) is 0.932. The molecule has 0 spiro atoms. The minimum absolute atomic E-state index is 0.925. The molecule has 0 saturated carbocycles. The first-order valence-corrected chi connectivity index (χ1v) is 7.59. The Balaban J connectivity index is 1.69. The summed E-state index contributed by atoms with van der Waals surface area (Å²) in [6.07, 6.45) is 1.00. The van der Waals surface area contributed by atoms with Gasteiger partial charge < -0.3 is 9.64 Å². The van der Waals surface area contributed by atoms with Gasteiger partial charge in [0.05, 0.1) is 11.4 Å². The molecule has 0 fully saturated rings. The molecule has 0 radical (unpaired) electrons. The molecule has 0 amide bonds. The highest BCUT2D eigenvalue weighted by atomic mass is 16.5. The molecule has 1 aliphatic rings. The third kappa shape index (κ3) is 2.33. The van der Waals surface area contributed by atoms with Crippen LogP contribution >= 0.6 is 0 Å². The van der Waals surface area contributed by atoms with Crippen molar-refractivity contribution in [3.63, 3.8) is 0 Å². The number of hydrogen-bond acceptors (Lipinski definition) is 2. The molecule has 1 aliphatic heterocycles. The summed E-state index contributed by atoms with van der Waals surface area (Å²) in [6, 6.07) is 27.1. The predicted octanol–water partition coefficient (Wildman–Crippen LogP) is 5.17. The second kappa shape index (κ2) is 5.57. The number of anilines is 2. The summed E-state index contributed by atoms with van der Waals surface area (Å²) in [4.78, 5) is 2.35. The average molecular weight is 287 g/mol. The summed E-state index contributed by atoms with van der Waals surface area (Å²) in [7, 11) is 0. The van der Waals surface area contributed by atoms with E-state index in [2.05, 4.69) is 59.5 Å². The van der Waals surface area contributed by atoms with Crippen LogP contribution in [0, 0.1) is 0 Å². The minimum atomic E-state index is 0.925. The first-order chi connectivity index (χ1) is 10.9. The van der Waals surface area contributed by atoms with E-state index in [0.29, 0.717) is 0 Å². The van der Waals surface area contributed by atoms with Crippen molar-refractivity contribution in [2.75, 3.05) is 11.4 Å². The molecule has 1 heterocycles. The Labute approximate surface area is 130 Å². The lowest BCUT2D eigenvalue weighted by Gasteiger charge is -2.32. The van der Waals surface area contributed by atoms with E-state index in [1.807, 2.05) is 24.3 Å². The molecule has 0 unspecified atom stereocenters. The van der Waals surface area contributed by atoms with Crippen molar-refractivity contribution in [1.29, 1.82) is 0 Å². The Morgan fingerprint density at radius 1 is 0.636 bits per heavy atom. The van der Waals surface area contributed by atoms with Crippen LogP contribution in [0.4, 0.5) is 11.4 Å². The third-order valence-electron chi connectivity index (χ3n) is 4.00. The van der Waals surface area contributed by atoms with Gasteiger partial charge in [0.1, 0.15) is 0 Å². The van der Waals surface area contributed by atoms with E-state index in [4.69, 9.17) is 4.74 Å². The molecule has 0 aromatic heterocycles. The fourth-order valence-electron chi connectivity index (χ4n) is 2.91. The quantitative estimate of drug-likeness (QED) is 0.658. The Kier molecular flexibility index (Phi) is 3.28. The largest absolute Gasteiger partial charge is 0.453 e. The zero-order valence-electron chi connectivity index (χ0n) is 12.3. The molecule has 0 bridgehead atoms. The highest BCUT2D eigenvalue weighted by Gasteiger charge is 2.23. The second-order valence-electron chi connectivity index (χ2n) is 5.42. The van der Waals surface area contributed by atoms with Gasteiger partial charge in [0.15, 0.2) is 11.5 Å². The van der Waals surface area contributed by atoms with Crippen molar-refractivity contribution in [2.24, 2.45) is 0 Å². The van der Waals surface area contributed by atoms with E-state index in [0.717, 1.165) is 35.8 Å². The molecule has 2 heteroatoms. The first-order valence-electron chi connectivity index (χ1n) is 7.59. The molecule has 108 valence electrons. The number of nitrogens with zero attached hydrogens (tertiary/aromatic N) is 1. The van der Waals surface area contributed by atoms with Crippen LogP contribution < -0.4 is 9.64 Å². The lowest BCUT2D eigenvalue weighted by Crippen LogP contribution is -2.23. The van der Waals surface area contributed by atoms with Crippen LogP contribution in [0.2, 0.25) is 0 Å². The van der Waals surface area contributed by atoms with Crippen LogP contribution in [-0.4, -0.2) is 6.54 Å². The maximum Gasteiger partial charge on any atom is 0.151 e. The van der Waals surface area contributed by atoms with Crippen molar-refractivity contribution in [3.8, 4) is 11.5 Å². The maximum atomic E-state index is 6.02. The smallest absolute Gasteiger partial charge is 0.151 e. The molecule has 0 aliphatic carbocycles. The van der Waals surface area contributed by atoms with Crippen molar-refractivity contribution in [2.45, 2.75) is 6.42 Å². The number of fused-ring (bicyclic) bond motifs is 2. The van der Waals surface area contributed by atoms with Crippen LogP contribution in [-0.2, 0) is 6.42 Å². The van der Waals surface area contributed by atoms with Gasteiger partial charge in [-0.1, -0.05) is 54.6 Å². The molecule has 3 aromatic rings. The number of ether oxygens (including phenoxy) is 1. The normalized spacial score (nSPS) is 12.3. The van der Waals surface area contributed by atoms with Gasteiger partial charge in [-0.05, 0) is 36.2 Å². The van der Waals surface area contributed by atoms with Crippen LogP contribution in [0.15, 0.2) is 78.9 Å². The summed E-state index contributed by atoms with van der Waals surface area (Å²) in [5.74, 6) is 1.85. The van der Waals surface area contributed by atoms with Crippen LogP contribution in [0.1, 0.15) is 5.56 Å². The Hall–Kier alpha value is -2.74. The number of benzene rings is 3. The average Bonchev–Trinajstić information content (AvgIpc) is 2.59. The SMILES string of the molecule is c1ccc(CCN2c3ccccc3Oc3ccccc32)cc1. The molecule has 4 rings (SSSR count). The van der Waals surface area contributed by atoms with Gasteiger partial charge in [-0.15, -0.1) is 0 Å². The molecule has 0 saturated heterocycles. The van der Waals surface area contributed by atoms with E-state index in [1.165, 1.54) is 5.56 Å². The first kappa shape index (κ1) is 13.0. The lowest BCUT2D eigenvalue weighted by molar-refractivity contribution is 0.473. The second-order valence-corrected chi connectivity index (χ2v) is 5.42. The Bertz CT molecular complexity index is 737. The summed E-state index contributed by atoms with van der Waals surface area (Å²) < 4.78 is 6.02. The molecular weight excluding hydrogens is 270 g/mol. The highest BCUT2D eigenvalue weighted by molar-refractivity contribution is 5.77. The molecule has 2 nitrogen and oxygen atoms in total. The Morgan fingerprint density at radius 3 is 1.82 bits per heavy atom. The monoisotopic (exact) mass is 287 g/mol. The van der Waals surface area contributed by atoms with E-state index in [9.17, 15) is 0 Å². The number of para-hydroxylation sites is 4. The van der Waals surface area contributed by atoms with Gasteiger partial charge in [-0.3, -0.25) is 0 Å². The van der Waals surface area contributed by atoms with Gasteiger partial charge in [0.2, 0.25) is 0 Å². The van der Waals surface area contributed by atoms with Gasteiger partial charge in [-0.25, -0.2) is 0 Å². The van der Waals surface area contributed by atoms with Gasteiger partial charge >= 0.3 is 0 Å². The van der Waals surface area contributed by atoms with Crippen LogP contribution in [0.5, 0.6) is 11.5 Å². The van der Waals surface area contributed by atoms with Crippen LogP contribution in [0.3, 0.4) is 0 Å². The van der Waals surface area contributed by atoms with Crippen molar-refractivity contribution >= 4 is 11.4 Å². The fourth-order valence-corrected chi connectivity index (χ4v) is 2.91. The number of rotatable bonds is 3. The van der Waals surface area contributed by atoms with Gasteiger partial charge in [0, 0.05) is 6.54 Å².